The molecule has 0 saturated heterocycles. The number of amides is 3. The van der Waals surface area contributed by atoms with Crippen molar-refractivity contribution >= 4 is 23.3 Å². The number of hydrogen-bond donors (Lipinski definition) is 3. The quantitative estimate of drug-likeness (QED) is 0.291. The maximum absolute atomic E-state index is 13.1. The number of ether oxygens (including phenoxy) is 1. The molecule has 3 N–H and O–H groups in total. The number of urea groups is 1. The number of aromatic nitrogens is 3. The number of pyridine rings is 1. The molecule has 1 aliphatic heterocycles. The van der Waals surface area contributed by atoms with Crippen molar-refractivity contribution in [2.24, 2.45) is 0 Å². The van der Waals surface area contributed by atoms with Gasteiger partial charge < -0.3 is 25.6 Å². The van der Waals surface area contributed by atoms with E-state index >= 15 is 0 Å². The van der Waals surface area contributed by atoms with Crippen LogP contribution in [0.25, 0.3) is 11.3 Å². The van der Waals surface area contributed by atoms with Crippen LogP contribution >= 0.6 is 0 Å². The first-order valence-corrected chi connectivity index (χ1v) is 13.5. The van der Waals surface area contributed by atoms with Crippen LogP contribution in [0.1, 0.15) is 42.4 Å². The minimum Gasteiger partial charge on any atom is -0.457 e. The van der Waals surface area contributed by atoms with E-state index in [1.807, 2.05) is 10.9 Å². The van der Waals surface area contributed by atoms with Gasteiger partial charge in [0.05, 0.1) is 11.2 Å². The van der Waals surface area contributed by atoms with Crippen LogP contribution in [-0.2, 0) is 18.5 Å². The van der Waals surface area contributed by atoms with Crippen LogP contribution in [-0.4, -0.2) is 52.2 Å². The molecule has 10 nitrogen and oxygen atoms in total. The summed E-state index contributed by atoms with van der Waals surface area (Å²) in [6.45, 7) is 8.18. The number of likely N-dealkylation sites (N-methyl/N-ethyl adjacent to an activating group) is 1. The molecule has 212 valence electrons. The standard InChI is InChI=1S/C31H35N7O3/c1-31(2,3)38-19-27(28(36-38)21-6-7-22-18-37(5)15-13-20(22)16-21)35-30(40)34-23-8-10-24(11-9-23)41-25-12-14-33-26(17-25)29(39)32-4/h6-12,14,16-17,19H,13,15,18H2,1-5H3,(H,32,39)(H2,34,35,40). The summed E-state index contributed by atoms with van der Waals surface area (Å²) in [5, 5.41) is 13.3. The Balaban J connectivity index is 1.30. The van der Waals surface area contributed by atoms with Gasteiger partial charge in [-0.2, -0.15) is 5.10 Å². The van der Waals surface area contributed by atoms with Crippen molar-refractivity contribution in [3.8, 4) is 22.8 Å². The van der Waals surface area contributed by atoms with E-state index in [2.05, 4.69) is 71.9 Å². The van der Waals surface area contributed by atoms with Crippen molar-refractivity contribution in [2.45, 2.75) is 39.3 Å². The first-order valence-electron chi connectivity index (χ1n) is 13.5. The van der Waals surface area contributed by atoms with Crippen LogP contribution in [0.3, 0.4) is 0 Å². The van der Waals surface area contributed by atoms with Gasteiger partial charge >= 0.3 is 6.03 Å². The van der Waals surface area contributed by atoms with Crippen LogP contribution in [0.2, 0.25) is 0 Å². The SMILES string of the molecule is CNC(=O)c1cc(Oc2ccc(NC(=O)Nc3cn(C(C)(C)C)nc3-c3ccc4c(c3)CCN(C)C4)cc2)ccn1. The smallest absolute Gasteiger partial charge is 0.323 e. The number of fused-ring (bicyclic) bond motifs is 1. The van der Waals surface area contributed by atoms with Gasteiger partial charge in [-0.3, -0.25) is 14.5 Å². The number of hydrogen-bond acceptors (Lipinski definition) is 6. The van der Waals surface area contributed by atoms with Gasteiger partial charge in [-0.1, -0.05) is 12.1 Å². The summed E-state index contributed by atoms with van der Waals surface area (Å²) < 4.78 is 7.73. The predicted molar refractivity (Wildman–Crippen MR) is 159 cm³/mol. The first kappa shape index (κ1) is 27.9. The Morgan fingerprint density at radius 1 is 0.951 bits per heavy atom. The van der Waals surface area contributed by atoms with Crippen LogP contribution in [0.4, 0.5) is 16.2 Å². The highest BCUT2D eigenvalue weighted by Crippen LogP contribution is 2.32. The van der Waals surface area contributed by atoms with Gasteiger partial charge in [0, 0.05) is 49.8 Å². The molecule has 3 amide bonds. The summed E-state index contributed by atoms with van der Waals surface area (Å²) in [6.07, 6.45) is 4.37. The van der Waals surface area contributed by atoms with Crippen LogP contribution in [0, 0.1) is 0 Å². The molecule has 2 aromatic heterocycles. The summed E-state index contributed by atoms with van der Waals surface area (Å²) in [6, 6.07) is 16.3. The topological polar surface area (TPSA) is 113 Å². The molecular weight excluding hydrogens is 518 g/mol. The molecule has 3 heterocycles. The zero-order valence-electron chi connectivity index (χ0n) is 24.0. The summed E-state index contributed by atoms with van der Waals surface area (Å²) in [5.74, 6) is 0.740. The Labute approximate surface area is 239 Å². The van der Waals surface area contributed by atoms with E-state index in [9.17, 15) is 9.59 Å². The van der Waals surface area contributed by atoms with Crippen molar-refractivity contribution in [1.29, 1.82) is 0 Å². The molecule has 0 radical (unpaired) electrons. The number of carbonyl (C=O) groups is 2. The largest absolute Gasteiger partial charge is 0.457 e. The molecule has 10 heteroatoms. The third kappa shape index (κ3) is 6.55. The fourth-order valence-electron chi connectivity index (χ4n) is 4.62. The van der Waals surface area contributed by atoms with E-state index < -0.39 is 0 Å². The van der Waals surface area contributed by atoms with Gasteiger partial charge in [-0.15, -0.1) is 0 Å². The molecule has 0 fully saturated rings. The number of anilines is 2. The molecule has 0 bridgehead atoms. The summed E-state index contributed by atoms with van der Waals surface area (Å²) in [5.41, 5.74) is 5.59. The first-order chi connectivity index (χ1) is 19.6. The Morgan fingerprint density at radius 3 is 2.46 bits per heavy atom. The zero-order chi connectivity index (χ0) is 29.1. The Morgan fingerprint density at radius 2 is 1.73 bits per heavy atom. The summed E-state index contributed by atoms with van der Waals surface area (Å²) >= 11 is 0. The molecule has 0 spiro atoms. The number of benzene rings is 2. The molecule has 5 rings (SSSR count). The maximum atomic E-state index is 13.1. The lowest BCUT2D eigenvalue weighted by Gasteiger charge is -2.25. The van der Waals surface area contributed by atoms with Gasteiger partial charge in [-0.05, 0) is 81.8 Å². The van der Waals surface area contributed by atoms with Gasteiger partial charge in [0.1, 0.15) is 22.9 Å². The third-order valence-electron chi connectivity index (χ3n) is 6.87. The van der Waals surface area contributed by atoms with E-state index in [1.165, 1.54) is 17.3 Å². The highest BCUT2D eigenvalue weighted by molar-refractivity contribution is 6.02. The average Bonchev–Trinajstić information content (AvgIpc) is 3.38. The van der Waals surface area contributed by atoms with Gasteiger partial charge in [-0.25, -0.2) is 4.79 Å². The minimum absolute atomic E-state index is 0.256. The lowest BCUT2D eigenvalue weighted by atomic mass is 9.96. The van der Waals surface area contributed by atoms with E-state index in [0.717, 1.165) is 30.8 Å². The molecule has 41 heavy (non-hydrogen) atoms. The second-order valence-electron chi connectivity index (χ2n) is 11.1. The summed E-state index contributed by atoms with van der Waals surface area (Å²) in [4.78, 5) is 31.2. The highest BCUT2D eigenvalue weighted by Gasteiger charge is 2.22. The molecule has 4 aromatic rings. The van der Waals surface area contributed by atoms with Crippen LogP contribution in [0.15, 0.2) is 67.0 Å². The molecule has 0 atom stereocenters. The van der Waals surface area contributed by atoms with E-state index in [1.54, 1.807) is 43.4 Å². The lowest BCUT2D eigenvalue weighted by molar-refractivity contribution is 0.0957. The monoisotopic (exact) mass is 553 g/mol. The Kier molecular flexibility index (Phi) is 7.76. The fraction of sp³-hybridized carbons (Fsp3) is 0.290. The Hall–Kier alpha value is -4.70. The second kappa shape index (κ2) is 11.4. The zero-order valence-corrected chi connectivity index (χ0v) is 24.0. The maximum Gasteiger partial charge on any atom is 0.323 e. The predicted octanol–water partition coefficient (Wildman–Crippen LogP) is 5.48. The van der Waals surface area contributed by atoms with Crippen molar-refractivity contribution < 1.29 is 14.3 Å². The number of nitrogens with zero attached hydrogens (tertiary/aromatic N) is 4. The van der Waals surface area contributed by atoms with Gasteiger partial charge in [0.15, 0.2) is 0 Å². The van der Waals surface area contributed by atoms with Crippen molar-refractivity contribution in [1.82, 2.24) is 25.0 Å². The normalized spacial score (nSPS) is 13.3. The molecule has 0 aliphatic carbocycles. The Bertz CT molecular complexity index is 1570. The molecule has 0 saturated carbocycles. The molecule has 1 aliphatic rings. The van der Waals surface area contributed by atoms with E-state index in [4.69, 9.17) is 9.84 Å². The summed E-state index contributed by atoms with van der Waals surface area (Å²) in [7, 11) is 3.68. The number of nitrogens with one attached hydrogen (secondary N) is 3. The van der Waals surface area contributed by atoms with Crippen LogP contribution in [0.5, 0.6) is 11.5 Å². The lowest BCUT2D eigenvalue weighted by Crippen LogP contribution is -2.26. The van der Waals surface area contributed by atoms with Crippen molar-refractivity contribution in [3.63, 3.8) is 0 Å². The second-order valence-corrected chi connectivity index (χ2v) is 11.1. The van der Waals surface area contributed by atoms with Crippen molar-refractivity contribution in [3.05, 3.63) is 83.8 Å². The van der Waals surface area contributed by atoms with Crippen molar-refractivity contribution in [2.75, 3.05) is 31.3 Å². The molecule has 2 aromatic carbocycles. The van der Waals surface area contributed by atoms with E-state index in [0.29, 0.717) is 22.9 Å². The van der Waals surface area contributed by atoms with Gasteiger partial charge in [0.2, 0.25) is 0 Å². The number of rotatable bonds is 6. The number of carbonyl (C=O) groups excluding carboxylic acids is 2. The fourth-order valence-corrected chi connectivity index (χ4v) is 4.62. The highest BCUT2D eigenvalue weighted by atomic mass is 16.5. The van der Waals surface area contributed by atoms with E-state index in [-0.39, 0.29) is 23.2 Å². The van der Waals surface area contributed by atoms with Crippen LogP contribution < -0.4 is 20.7 Å². The minimum atomic E-state index is -0.377. The molecule has 0 unspecified atom stereocenters. The third-order valence-corrected chi connectivity index (χ3v) is 6.87. The average molecular weight is 554 g/mol. The molecular formula is C31H35N7O3. The van der Waals surface area contributed by atoms with Gasteiger partial charge in [0.25, 0.3) is 5.91 Å².